The quantitative estimate of drug-likeness (QED) is 0.174. The molecule has 0 aliphatic heterocycles. The summed E-state index contributed by atoms with van der Waals surface area (Å²) in [6.45, 7) is 0. The number of benzene rings is 3. The highest BCUT2D eigenvalue weighted by Crippen LogP contribution is 2.32. The summed E-state index contributed by atoms with van der Waals surface area (Å²) in [5.74, 6) is -3.20. The number of halogens is 5. The summed E-state index contributed by atoms with van der Waals surface area (Å²) in [6, 6.07) is 15.3. The van der Waals surface area contributed by atoms with Crippen LogP contribution in [0.5, 0.6) is 0 Å². The summed E-state index contributed by atoms with van der Waals surface area (Å²) in [5.41, 5.74) is 6.39. The van der Waals surface area contributed by atoms with Gasteiger partial charge in [0.2, 0.25) is 0 Å². The predicted molar refractivity (Wildman–Crippen MR) is 145 cm³/mol. The highest BCUT2D eigenvalue weighted by molar-refractivity contribution is 6.40. The number of carbonyl (C=O) groups is 2. The molecule has 0 bridgehead atoms. The Hall–Kier alpha value is -3.78. The Kier molecular flexibility index (Phi) is 6.92. The van der Waals surface area contributed by atoms with Gasteiger partial charge in [-0.15, -0.1) is 0 Å². The van der Waals surface area contributed by atoms with Crippen LogP contribution >= 0.6 is 34.8 Å². The van der Waals surface area contributed by atoms with Crippen LogP contribution in [0.3, 0.4) is 0 Å². The lowest BCUT2D eigenvalue weighted by atomic mass is 10.00. The first-order chi connectivity index (χ1) is 18.2. The van der Waals surface area contributed by atoms with E-state index in [1.54, 1.807) is 36.4 Å². The average Bonchev–Trinajstić information content (AvgIpc) is 3.28. The van der Waals surface area contributed by atoms with Crippen molar-refractivity contribution in [1.82, 2.24) is 9.55 Å². The fraction of sp³-hybridized carbons (Fsp3) is 0.0357. The topological polar surface area (TPSA) is 78.0 Å². The Balaban J connectivity index is 1.68. The van der Waals surface area contributed by atoms with Gasteiger partial charge in [0.15, 0.2) is 11.6 Å². The van der Waals surface area contributed by atoms with Gasteiger partial charge in [0.05, 0.1) is 21.3 Å². The molecular weight excluding hydrogens is 555 g/mol. The van der Waals surface area contributed by atoms with Gasteiger partial charge in [-0.2, -0.15) is 0 Å². The standard InChI is InChI=1S/C28H16Cl3F2N3O2/c29-16-6-4-14(5-7-16)15-10-17-19(24(37)11-18-22(32)8-9-23(34)26(18)33)13-36(27(17)35-12-15)28(38)25-20(30)2-1-3-21(25)31/h1-10,12-13H,11,34H2. The van der Waals surface area contributed by atoms with Crippen LogP contribution in [0.4, 0.5) is 14.5 Å². The van der Waals surface area contributed by atoms with Crippen LogP contribution in [-0.4, -0.2) is 21.2 Å². The molecular formula is C28H16Cl3F2N3O2. The number of hydrogen-bond acceptors (Lipinski definition) is 4. The number of nitrogens with two attached hydrogens (primary N) is 1. The second-order valence-electron chi connectivity index (χ2n) is 8.45. The predicted octanol–water partition coefficient (Wildman–Crippen LogP) is 7.64. The lowest BCUT2D eigenvalue weighted by molar-refractivity contribution is 0.0964. The third-order valence-corrected chi connectivity index (χ3v) is 6.95. The van der Waals surface area contributed by atoms with E-state index in [0.717, 1.165) is 22.3 Å². The van der Waals surface area contributed by atoms with Crippen molar-refractivity contribution in [2.75, 3.05) is 5.73 Å². The van der Waals surface area contributed by atoms with Crippen molar-refractivity contribution >= 4 is 63.2 Å². The van der Waals surface area contributed by atoms with Crippen molar-refractivity contribution < 1.29 is 18.4 Å². The molecule has 0 unspecified atom stereocenters. The number of nitrogen functional groups attached to an aromatic ring is 1. The molecule has 5 rings (SSSR count). The van der Waals surface area contributed by atoms with E-state index in [1.165, 1.54) is 24.5 Å². The fourth-order valence-corrected chi connectivity index (χ4v) is 4.83. The third kappa shape index (κ3) is 4.65. The molecule has 0 amide bonds. The molecule has 0 saturated carbocycles. The molecule has 5 aromatic rings. The van der Waals surface area contributed by atoms with E-state index in [2.05, 4.69) is 4.98 Å². The first-order valence-electron chi connectivity index (χ1n) is 11.2. The Morgan fingerprint density at radius 3 is 2.29 bits per heavy atom. The Labute approximate surface area is 230 Å². The SMILES string of the molecule is Nc1ccc(F)c(CC(=O)c2cn(C(=O)c3c(Cl)cccc3Cl)c3ncc(-c4ccc(Cl)cc4)cc23)c1F. The minimum absolute atomic E-state index is 0.0169. The number of fused-ring (bicyclic) bond motifs is 1. The van der Waals surface area contributed by atoms with Crippen LogP contribution in [0, 0.1) is 11.6 Å². The summed E-state index contributed by atoms with van der Waals surface area (Å²) in [4.78, 5) is 31.4. The van der Waals surface area contributed by atoms with Crippen LogP contribution in [0.1, 0.15) is 26.3 Å². The number of aromatic nitrogens is 2. The van der Waals surface area contributed by atoms with E-state index in [-0.39, 0.29) is 32.5 Å². The monoisotopic (exact) mass is 569 g/mol. The summed E-state index contributed by atoms with van der Waals surface area (Å²) in [5, 5.41) is 1.06. The Morgan fingerprint density at radius 1 is 0.921 bits per heavy atom. The molecule has 2 N–H and O–H groups in total. The van der Waals surface area contributed by atoms with E-state index >= 15 is 0 Å². The molecule has 0 radical (unpaired) electrons. The van der Waals surface area contributed by atoms with E-state index in [4.69, 9.17) is 40.5 Å². The number of hydrogen-bond donors (Lipinski definition) is 1. The van der Waals surface area contributed by atoms with E-state index in [0.29, 0.717) is 16.0 Å². The van der Waals surface area contributed by atoms with Gasteiger partial charge in [-0.1, -0.05) is 53.0 Å². The minimum atomic E-state index is -1.01. The zero-order chi connectivity index (χ0) is 27.1. The normalized spacial score (nSPS) is 11.2. The molecule has 0 fully saturated rings. The molecule has 38 heavy (non-hydrogen) atoms. The third-order valence-electron chi connectivity index (χ3n) is 6.07. The summed E-state index contributed by atoms with van der Waals surface area (Å²) < 4.78 is 30.2. The number of pyridine rings is 1. The Bertz CT molecular complexity index is 1730. The smallest absolute Gasteiger partial charge is 0.266 e. The van der Waals surface area contributed by atoms with E-state index < -0.39 is 35.3 Å². The maximum atomic E-state index is 14.6. The maximum Gasteiger partial charge on any atom is 0.266 e. The number of Topliss-reactive ketones (excluding diaryl/α,β-unsaturated/α-hetero) is 1. The van der Waals surface area contributed by atoms with Gasteiger partial charge in [0, 0.05) is 45.9 Å². The van der Waals surface area contributed by atoms with Gasteiger partial charge in [0.25, 0.3) is 5.91 Å². The lowest BCUT2D eigenvalue weighted by Gasteiger charge is -2.08. The van der Waals surface area contributed by atoms with Crippen molar-refractivity contribution in [1.29, 1.82) is 0 Å². The van der Waals surface area contributed by atoms with Crippen molar-refractivity contribution in [3.63, 3.8) is 0 Å². The van der Waals surface area contributed by atoms with Crippen LogP contribution in [0.2, 0.25) is 15.1 Å². The van der Waals surface area contributed by atoms with Gasteiger partial charge in [-0.25, -0.2) is 13.8 Å². The average molecular weight is 571 g/mol. The summed E-state index contributed by atoms with van der Waals surface area (Å²) in [7, 11) is 0. The number of carbonyl (C=O) groups excluding carboxylic acids is 2. The largest absolute Gasteiger partial charge is 0.396 e. The first kappa shape index (κ1) is 25.9. The maximum absolute atomic E-state index is 14.6. The van der Waals surface area contributed by atoms with Crippen LogP contribution in [0.25, 0.3) is 22.2 Å². The second-order valence-corrected chi connectivity index (χ2v) is 9.70. The molecule has 10 heteroatoms. The second kappa shape index (κ2) is 10.2. The minimum Gasteiger partial charge on any atom is -0.396 e. The van der Waals surface area contributed by atoms with Crippen molar-refractivity contribution in [3.8, 4) is 11.1 Å². The summed E-state index contributed by atoms with van der Waals surface area (Å²) >= 11 is 18.5. The molecule has 0 spiro atoms. The first-order valence-corrected chi connectivity index (χ1v) is 12.3. The highest BCUT2D eigenvalue weighted by Gasteiger charge is 2.25. The molecule has 190 valence electrons. The molecule has 2 aromatic heterocycles. The number of rotatable bonds is 5. The van der Waals surface area contributed by atoms with Crippen molar-refractivity contribution in [2.24, 2.45) is 0 Å². The lowest BCUT2D eigenvalue weighted by Crippen LogP contribution is -2.13. The fourth-order valence-electron chi connectivity index (χ4n) is 4.14. The number of ketones is 1. The molecule has 2 heterocycles. The van der Waals surface area contributed by atoms with Gasteiger partial charge >= 0.3 is 0 Å². The molecule has 5 nitrogen and oxygen atoms in total. The highest BCUT2D eigenvalue weighted by atomic mass is 35.5. The molecule has 0 aliphatic rings. The van der Waals surface area contributed by atoms with Gasteiger partial charge in [0.1, 0.15) is 11.5 Å². The molecule has 3 aromatic carbocycles. The van der Waals surface area contributed by atoms with E-state index in [9.17, 15) is 18.4 Å². The molecule has 0 atom stereocenters. The van der Waals surface area contributed by atoms with E-state index in [1.807, 2.05) is 0 Å². The van der Waals surface area contributed by atoms with Crippen LogP contribution < -0.4 is 5.73 Å². The van der Waals surface area contributed by atoms with Gasteiger partial charge in [-0.05, 0) is 48.0 Å². The molecule has 0 aliphatic carbocycles. The van der Waals surface area contributed by atoms with Crippen molar-refractivity contribution in [3.05, 3.63) is 116 Å². The zero-order valence-corrected chi connectivity index (χ0v) is 21.6. The van der Waals surface area contributed by atoms with Crippen LogP contribution in [-0.2, 0) is 6.42 Å². The number of nitrogens with zero attached hydrogens (tertiary/aromatic N) is 2. The van der Waals surface area contributed by atoms with Crippen LogP contribution in [0.15, 0.2) is 73.1 Å². The Morgan fingerprint density at radius 2 is 1.61 bits per heavy atom. The summed E-state index contributed by atoms with van der Waals surface area (Å²) in [6.07, 6.45) is 2.18. The number of anilines is 1. The van der Waals surface area contributed by atoms with Gasteiger partial charge in [-0.3, -0.25) is 14.2 Å². The van der Waals surface area contributed by atoms with Gasteiger partial charge < -0.3 is 5.73 Å². The zero-order valence-electron chi connectivity index (χ0n) is 19.3. The van der Waals surface area contributed by atoms with Crippen molar-refractivity contribution in [2.45, 2.75) is 6.42 Å². The molecule has 0 saturated heterocycles.